The number of hydrogen-bond donors (Lipinski definition) is 1. The topological polar surface area (TPSA) is 20.2 Å². The highest BCUT2D eigenvalue weighted by Crippen LogP contribution is 2.52. The van der Waals surface area contributed by atoms with Crippen LogP contribution in [0.2, 0.25) is 0 Å². The molecule has 1 heteroatoms. The monoisotopic (exact) mass is 250 g/mol. The molecule has 0 spiro atoms. The van der Waals surface area contributed by atoms with Gasteiger partial charge in [-0.3, -0.25) is 0 Å². The maximum Gasteiger partial charge on any atom is 0.0650 e. The van der Waals surface area contributed by atoms with Gasteiger partial charge in [0.25, 0.3) is 0 Å². The zero-order valence-electron chi connectivity index (χ0n) is 12.0. The highest BCUT2D eigenvalue weighted by atomic mass is 16.3. The minimum Gasteiger partial charge on any atom is -0.390 e. The van der Waals surface area contributed by atoms with E-state index in [0.717, 1.165) is 42.9 Å². The molecule has 0 amide bonds. The zero-order chi connectivity index (χ0) is 12.6. The van der Waals surface area contributed by atoms with Gasteiger partial charge in [-0.1, -0.05) is 32.6 Å². The van der Waals surface area contributed by atoms with Crippen LogP contribution in [0, 0.1) is 23.7 Å². The molecule has 1 nitrogen and oxygen atoms in total. The smallest absolute Gasteiger partial charge is 0.0650 e. The summed E-state index contributed by atoms with van der Waals surface area (Å²) in [4.78, 5) is 0. The van der Waals surface area contributed by atoms with Crippen LogP contribution in [-0.4, -0.2) is 10.7 Å². The molecule has 0 heterocycles. The summed E-state index contributed by atoms with van der Waals surface area (Å²) in [6.07, 6.45) is 14.4. The van der Waals surface area contributed by atoms with E-state index in [1.807, 2.05) is 0 Å². The van der Waals surface area contributed by atoms with Crippen LogP contribution in [-0.2, 0) is 0 Å². The minimum absolute atomic E-state index is 0.293. The molecule has 0 aliphatic heterocycles. The Morgan fingerprint density at radius 1 is 1.06 bits per heavy atom. The summed E-state index contributed by atoms with van der Waals surface area (Å²) in [5, 5.41) is 11.0. The largest absolute Gasteiger partial charge is 0.390 e. The van der Waals surface area contributed by atoms with Crippen molar-refractivity contribution in [2.24, 2.45) is 23.7 Å². The molecule has 5 atom stereocenters. The van der Waals surface area contributed by atoms with Crippen molar-refractivity contribution in [3.63, 3.8) is 0 Å². The van der Waals surface area contributed by atoms with Crippen molar-refractivity contribution in [3.05, 3.63) is 0 Å². The van der Waals surface area contributed by atoms with Crippen LogP contribution < -0.4 is 0 Å². The molecule has 3 aliphatic rings. The second-order valence-electron chi connectivity index (χ2n) is 7.57. The van der Waals surface area contributed by atoms with Crippen LogP contribution in [0.1, 0.15) is 77.6 Å². The molecule has 1 N–H and O–H groups in total. The van der Waals surface area contributed by atoms with E-state index in [9.17, 15) is 5.11 Å². The summed E-state index contributed by atoms with van der Waals surface area (Å²) in [7, 11) is 0. The molecule has 5 unspecified atom stereocenters. The van der Waals surface area contributed by atoms with Crippen molar-refractivity contribution >= 4 is 0 Å². The van der Waals surface area contributed by atoms with Gasteiger partial charge in [0.2, 0.25) is 0 Å². The van der Waals surface area contributed by atoms with E-state index in [1.165, 1.54) is 51.4 Å². The van der Waals surface area contributed by atoms with E-state index in [4.69, 9.17) is 0 Å². The van der Waals surface area contributed by atoms with E-state index in [1.54, 1.807) is 0 Å². The SMILES string of the molecule is CCC1CCCC(O)(CC2CC3CCC2C3)CC1. The molecule has 3 fully saturated rings. The molecule has 3 saturated carbocycles. The number of aliphatic hydroxyl groups is 1. The van der Waals surface area contributed by atoms with Gasteiger partial charge in [0.1, 0.15) is 0 Å². The lowest BCUT2D eigenvalue weighted by atomic mass is 9.77. The van der Waals surface area contributed by atoms with Gasteiger partial charge in [-0.25, -0.2) is 0 Å². The second kappa shape index (κ2) is 5.15. The summed E-state index contributed by atoms with van der Waals surface area (Å²) in [5.74, 6) is 3.76. The van der Waals surface area contributed by atoms with E-state index in [2.05, 4.69) is 6.92 Å². The number of fused-ring (bicyclic) bond motifs is 2. The highest BCUT2D eigenvalue weighted by Gasteiger charge is 2.43. The molecule has 0 aromatic rings. The molecule has 2 bridgehead atoms. The standard InChI is InChI=1S/C17H30O/c1-2-13-4-3-8-17(18,9-7-13)12-16-11-14-5-6-15(16)10-14/h13-16,18H,2-12H2,1H3. The molecule has 3 aliphatic carbocycles. The lowest BCUT2D eigenvalue weighted by Crippen LogP contribution is -2.32. The lowest BCUT2D eigenvalue weighted by molar-refractivity contribution is -0.00731. The van der Waals surface area contributed by atoms with Crippen LogP contribution >= 0.6 is 0 Å². The fourth-order valence-electron chi connectivity index (χ4n) is 5.19. The Bertz CT molecular complexity index is 287. The molecule has 18 heavy (non-hydrogen) atoms. The van der Waals surface area contributed by atoms with Gasteiger partial charge < -0.3 is 5.11 Å². The summed E-state index contributed by atoms with van der Waals surface area (Å²) in [6, 6.07) is 0. The zero-order valence-corrected chi connectivity index (χ0v) is 12.0. The molecule has 0 saturated heterocycles. The fraction of sp³-hybridized carbons (Fsp3) is 1.00. The van der Waals surface area contributed by atoms with E-state index < -0.39 is 0 Å². The first-order valence-electron chi connectivity index (χ1n) is 8.41. The molecule has 3 rings (SSSR count). The molecule has 0 radical (unpaired) electrons. The summed E-state index contributed by atoms with van der Waals surface area (Å²) in [6.45, 7) is 2.31. The Kier molecular flexibility index (Phi) is 3.71. The van der Waals surface area contributed by atoms with Gasteiger partial charge in [-0.15, -0.1) is 0 Å². The Balaban J connectivity index is 1.57. The van der Waals surface area contributed by atoms with Gasteiger partial charge in [-0.05, 0) is 68.6 Å². The van der Waals surface area contributed by atoms with Gasteiger partial charge in [0, 0.05) is 0 Å². The van der Waals surface area contributed by atoms with Gasteiger partial charge in [-0.2, -0.15) is 0 Å². The van der Waals surface area contributed by atoms with Crippen LogP contribution in [0.15, 0.2) is 0 Å². The normalized spacial score (nSPS) is 48.3. The quantitative estimate of drug-likeness (QED) is 0.729. The maximum atomic E-state index is 11.0. The maximum absolute atomic E-state index is 11.0. The predicted molar refractivity (Wildman–Crippen MR) is 75.4 cm³/mol. The lowest BCUT2D eigenvalue weighted by Gasteiger charge is -2.33. The van der Waals surface area contributed by atoms with Crippen molar-refractivity contribution < 1.29 is 5.11 Å². The highest BCUT2D eigenvalue weighted by molar-refractivity contribution is 4.95. The van der Waals surface area contributed by atoms with Crippen molar-refractivity contribution in [1.29, 1.82) is 0 Å². The van der Waals surface area contributed by atoms with E-state index >= 15 is 0 Å². The fourth-order valence-corrected chi connectivity index (χ4v) is 5.19. The third-order valence-electron chi connectivity index (χ3n) is 6.38. The average molecular weight is 250 g/mol. The average Bonchev–Trinajstić information content (AvgIpc) is 2.90. The third kappa shape index (κ3) is 2.61. The van der Waals surface area contributed by atoms with Crippen molar-refractivity contribution in [1.82, 2.24) is 0 Å². The summed E-state index contributed by atoms with van der Waals surface area (Å²) < 4.78 is 0. The van der Waals surface area contributed by atoms with Crippen LogP contribution in [0.3, 0.4) is 0 Å². The molecule has 0 aromatic heterocycles. The van der Waals surface area contributed by atoms with Crippen molar-refractivity contribution in [2.75, 3.05) is 0 Å². The van der Waals surface area contributed by atoms with Crippen molar-refractivity contribution in [3.8, 4) is 0 Å². The first-order chi connectivity index (χ1) is 8.68. The Morgan fingerprint density at radius 2 is 1.94 bits per heavy atom. The number of hydrogen-bond acceptors (Lipinski definition) is 1. The van der Waals surface area contributed by atoms with E-state index in [-0.39, 0.29) is 5.60 Å². The Hall–Kier alpha value is -0.0400. The third-order valence-corrected chi connectivity index (χ3v) is 6.38. The first kappa shape index (κ1) is 13.0. The molecular formula is C17H30O. The summed E-state index contributed by atoms with van der Waals surface area (Å²) >= 11 is 0. The minimum atomic E-state index is -0.293. The van der Waals surface area contributed by atoms with Gasteiger partial charge >= 0.3 is 0 Å². The van der Waals surface area contributed by atoms with Gasteiger partial charge in [0.15, 0.2) is 0 Å². The van der Waals surface area contributed by atoms with Crippen LogP contribution in [0.25, 0.3) is 0 Å². The van der Waals surface area contributed by atoms with Gasteiger partial charge in [0.05, 0.1) is 5.60 Å². The Morgan fingerprint density at radius 3 is 2.61 bits per heavy atom. The second-order valence-corrected chi connectivity index (χ2v) is 7.57. The number of rotatable bonds is 3. The molecule has 104 valence electrons. The molecule has 0 aromatic carbocycles. The summed E-state index contributed by atoms with van der Waals surface area (Å²) in [5.41, 5.74) is -0.293. The van der Waals surface area contributed by atoms with Crippen molar-refractivity contribution in [2.45, 2.75) is 83.2 Å². The van der Waals surface area contributed by atoms with E-state index in [0.29, 0.717) is 0 Å². The predicted octanol–water partition coefficient (Wildman–Crippen LogP) is 4.53. The molecular weight excluding hydrogens is 220 g/mol. The Labute approximate surface area is 112 Å². The first-order valence-corrected chi connectivity index (χ1v) is 8.41. The van der Waals surface area contributed by atoms with Crippen LogP contribution in [0.5, 0.6) is 0 Å². The van der Waals surface area contributed by atoms with Crippen LogP contribution in [0.4, 0.5) is 0 Å².